The average Bonchev–Trinajstić information content (AvgIpc) is 2.22. The first-order valence-electron chi connectivity index (χ1n) is 4.65. The SMILES string of the molecule is C[C@@H](CN)NS(=O)(=O)c1cc(Cl)c(Br)cc1F.Cl. The van der Waals surface area contributed by atoms with Crippen LogP contribution < -0.4 is 10.5 Å². The minimum Gasteiger partial charge on any atom is -0.329 e. The molecule has 9 heteroatoms. The van der Waals surface area contributed by atoms with Crippen molar-refractivity contribution in [3.63, 3.8) is 0 Å². The first-order valence-corrected chi connectivity index (χ1v) is 7.30. The van der Waals surface area contributed by atoms with Gasteiger partial charge in [-0.2, -0.15) is 0 Å². The lowest BCUT2D eigenvalue weighted by Crippen LogP contribution is -2.38. The molecule has 0 spiro atoms. The van der Waals surface area contributed by atoms with Crippen LogP contribution in [-0.2, 0) is 10.0 Å². The fourth-order valence-electron chi connectivity index (χ4n) is 1.09. The molecule has 3 N–H and O–H groups in total. The Morgan fingerprint density at radius 1 is 1.56 bits per heavy atom. The first kappa shape index (κ1) is 18.1. The molecule has 0 radical (unpaired) electrons. The number of halogens is 4. The lowest BCUT2D eigenvalue weighted by molar-refractivity contribution is 0.544. The summed E-state index contributed by atoms with van der Waals surface area (Å²) < 4.78 is 39.7. The van der Waals surface area contributed by atoms with Crippen LogP contribution in [0.4, 0.5) is 4.39 Å². The Morgan fingerprint density at radius 2 is 2.11 bits per heavy atom. The van der Waals surface area contributed by atoms with Crippen molar-refractivity contribution in [3.05, 3.63) is 27.4 Å². The van der Waals surface area contributed by atoms with Gasteiger partial charge in [-0.05, 0) is 35.0 Å². The van der Waals surface area contributed by atoms with E-state index in [9.17, 15) is 12.8 Å². The summed E-state index contributed by atoms with van der Waals surface area (Å²) in [7, 11) is -3.95. The quantitative estimate of drug-likeness (QED) is 0.786. The maximum atomic E-state index is 13.5. The van der Waals surface area contributed by atoms with Crippen molar-refractivity contribution in [2.24, 2.45) is 5.73 Å². The zero-order valence-corrected chi connectivity index (χ0v) is 13.3. The number of hydrogen-bond donors (Lipinski definition) is 2. The summed E-state index contributed by atoms with van der Waals surface area (Å²) in [6.07, 6.45) is 0. The second kappa shape index (κ2) is 7.02. The van der Waals surface area contributed by atoms with Crippen molar-refractivity contribution in [1.29, 1.82) is 0 Å². The number of benzene rings is 1. The van der Waals surface area contributed by atoms with Gasteiger partial charge in [-0.1, -0.05) is 11.6 Å². The molecule has 0 aromatic heterocycles. The van der Waals surface area contributed by atoms with E-state index in [1.807, 2.05) is 0 Å². The highest BCUT2D eigenvalue weighted by Gasteiger charge is 2.22. The van der Waals surface area contributed by atoms with Crippen molar-refractivity contribution >= 4 is 50.0 Å². The van der Waals surface area contributed by atoms with Crippen molar-refractivity contribution in [1.82, 2.24) is 4.72 Å². The number of nitrogens with one attached hydrogen (secondary N) is 1. The molecule has 1 aromatic carbocycles. The van der Waals surface area contributed by atoms with Crippen LogP contribution in [0, 0.1) is 5.82 Å². The van der Waals surface area contributed by atoms with Gasteiger partial charge in [-0.25, -0.2) is 17.5 Å². The van der Waals surface area contributed by atoms with Crippen molar-refractivity contribution < 1.29 is 12.8 Å². The highest BCUT2D eigenvalue weighted by molar-refractivity contribution is 9.10. The van der Waals surface area contributed by atoms with Crippen LogP contribution in [0.2, 0.25) is 5.02 Å². The van der Waals surface area contributed by atoms with Crippen LogP contribution in [0.3, 0.4) is 0 Å². The van der Waals surface area contributed by atoms with E-state index in [1.54, 1.807) is 6.92 Å². The molecular weight excluding hydrogens is 370 g/mol. The van der Waals surface area contributed by atoms with Gasteiger partial charge in [-0.15, -0.1) is 12.4 Å². The summed E-state index contributed by atoms with van der Waals surface area (Å²) in [6.45, 7) is 1.70. The van der Waals surface area contributed by atoms with E-state index in [4.69, 9.17) is 17.3 Å². The Balaban J connectivity index is 0.00000289. The molecule has 1 aromatic rings. The van der Waals surface area contributed by atoms with Gasteiger partial charge >= 0.3 is 0 Å². The molecule has 104 valence electrons. The summed E-state index contributed by atoms with van der Waals surface area (Å²) in [5.74, 6) is -0.877. The third-order valence-corrected chi connectivity index (χ3v) is 4.78. The van der Waals surface area contributed by atoms with Crippen LogP contribution >= 0.6 is 39.9 Å². The van der Waals surface area contributed by atoms with Crippen molar-refractivity contribution in [2.45, 2.75) is 17.9 Å². The fraction of sp³-hybridized carbons (Fsp3) is 0.333. The lowest BCUT2D eigenvalue weighted by Gasteiger charge is -2.13. The Morgan fingerprint density at radius 3 is 2.61 bits per heavy atom. The Kier molecular flexibility index (Phi) is 7.05. The highest BCUT2D eigenvalue weighted by atomic mass is 79.9. The topological polar surface area (TPSA) is 72.2 Å². The van der Waals surface area contributed by atoms with Gasteiger partial charge in [0.2, 0.25) is 10.0 Å². The molecule has 0 aliphatic carbocycles. The molecule has 0 saturated carbocycles. The normalized spacial score (nSPS) is 12.9. The molecule has 0 bridgehead atoms. The maximum Gasteiger partial charge on any atom is 0.243 e. The van der Waals surface area contributed by atoms with E-state index in [0.29, 0.717) is 4.47 Å². The maximum absolute atomic E-state index is 13.5. The highest BCUT2D eigenvalue weighted by Crippen LogP contribution is 2.27. The molecule has 4 nitrogen and oxygen atoms in total. The van der Waals surface area contributed by atoms with E-state index >= 15 is 0 Å². The van der Waals surface area contributed by atoms with Crippen LogP contribution in [0.25, 0.3) is 0 Å². The molecule has 0 aliphatic heterocycles. The predicted molar refractivity (Wildman–Crippen MR) is 75.2 cm³/mol. The summed E-state index contributed by atoms with van der Waals surface area (Å²) in [6, 6.07) is 1.57. The Bertz CT molecular complexity index is 528. The molecule has 1 rings (SSSR count). The first-order chi connectivity index (χ1) is 7.77. The smallest absolute Gasteiger partial charge is 0.243 e. The lowest BCUT2D eigenvalue weighted by atomic mass is 10.3. The van der Waals surface area contributed by atoms with Gasteiger partial charge < -0.3 is 5.73 Å². The zero-order chi connectivity index (χ0) is 13.2. The van der Waals surface area contributed by atoms with Crippen molar-refractivity contribution in [2.75, 3.05) is 6.54 Å². The number of hydrogen-bond acceptors (Lipinski definition) is 3. The molecule has 0 unspecified atom stereocenters. The van der Waals surface area contributed by atoms with Gasteiger partial charge in [0.1, 0.15) is 10.7 Å². The molecule has 1 atom stereocenters. The third-order valence-electron chi connectivity index (χ3n) is 1.97. The minimum atomic E-state index is -3.95. The Hall–Kier alpha value is 0.0800. The van der Waals surface area contributed by atoms with Crippen molar-refractivity contribution in [3.8, 4) is 0 Å². The molecule has 0 aliphatic rings. The van der Waals surface area contributed by atoms with E-state index in [1.165, 1.54) is 0 Å². The Labute approximate surface area is 125 Å². The van der Waals surface area contributed by atoms with E-state index in [0.717, 1.165) is 12.1 Å². The molecule has 18 heavy (non-hydrogen) atoms. The summed E-state index contributed by atoms with van der Waals surface area (Å²) >= 11 is 8.74. The summed E-state index contributed by atoms with van der Waals surface area (Å²) in [5.41, 5.74) is 5.30. The third kappa shape index (κ3) is 4.32. The molecule has 0 saturated heterocycles. The van der Waals surface area contributed by atoms with Gasteiger partial charge in [0.05, 0.1) is 5.02 Å². The van der Waals surface area contributed by atoms with Crippen LogP contribution in [0.1, 0.15) is 6.92 Å². The van der Waals surface area contributed by atoms with Crippen LogP contribution in [0.5, 0.6) is 0 Å². The molecule has 0 fully saturated rings. The summed E-state index contributed by atoms with van der Waals surface area (Å²) in [5, 5.41) is 0.118. The monoisotopic (exact) mass is 380 g/mol. The van der Waals surface area contributed by atoms with Gasteiger partial charge in [0.25, 0.3) is 0 Å². The molecule has 0 amide bonds. The van der Waals surface area contributed by atoms with E-state index in [2.05, 4.69) is 20.7 Å². The number of nitrogens with two attached hydrogens (primary N) is 1. The van der Waals surface area contributed by atoms with Gasteiger partial charge in [0, 0.05) is 17.1 Å². The van der Waals surface area contributed by atoms with E-state index in [-0.39, 0.29) is 24.0 Å². The number of sulfonamides is 1. The minimum absolute atomic E-state index is 0. The fourth-order valence-corrected chi connectivity index (χ4v) is 2.97. The second-order valence-electron chi connectivity index (χ2n) is 3.45. The molecule has 0 heterocycles. The second-order valence-corrected chi connectivity index (χ2v) is 6.40. The van der Waals surface area contributed by atoms with Crippen LogP contribution in [-0.4, -0.2) is 21.0 Å². The van der Waals surface area contributed by atoms with Gasteiger partial charge in [-0.3, -0.25) is 0 Å². The van der Waals surface area contributed by atoms with Gasteiger partial charge in [0.15, 0.2) is 0 Å². The van der Waals surface area contributed by atoms with Crippen LogP contribution in [0.15, 0.2) is 21.5 Å². The zero-order valence-electron chi connectivity index (χ0n) is 9.28. The molecular formula is C9H12BrCl2FN2O2S. The average molecular weight is 382 g/mol. The standard InChI is InChI=1S/C9H11BrClFN2O2S.ClH/c1-5(4-13)14-17(15,16)9-3-7(11)6(10)2-8(9)12;/h2-3,5,14H,4,13H2,1H3;1H/t5-;/m0./s1. The summed E-state index contributed by atoms with van der Waals surface area (Å²) in [4.78, 5) is -0.494. The van der Waals surface area contributed by atoms with E-state index < -0.39 is 26.8 Å². The predicted octanol–water partition coefficient (Wildman–Crippen LogP) is 2.29. The largest absolute Gasteiger partial charge is 0.329 e. The number of rotatable bonds is 4.